The van der Waals surface area contributed by atoms with Crippen molar-refractivity contribution in [3.63, 3.8) is 0 Å². The molecule has 5 heteroatoms. The second kappa shape index (κ2) is 6.04. The summed E-state index contributed by atoms with van der Waals surface area (Å²) in [5, 5.41) is 15.5. The predicted octanol–water partition coefficient (Wildman–Crippen LogP) is 3.44. The Bertz CT molecular complexity index is 794. The van der Waals surface area contributed by atoms with E-state index in [2.05, 4.69) is 10.1 Å². The van der Waals surface area contributed by atoms with Crippen molar-refractivity contribution in [1.29, 1.82) is 0 Å². The van der Waals surface area contributed by atoms with Crippen LogP contribution in [0.3, 0.4) is 0 Å². The fourth-order valence-corrected chi connectivity index (χ4v) is 2.35. The number of hydrazone groups is 1. The van der Waals surface area contributed by atoms with Crippen molar-refractivity contribution in [2.24, 2.45) is 16.0 Å². The number of amides is 1. The van der Waals surface area contributed by atoms with Gasteiger partial charge in [-0.05, 0) is 38.1 Å². The summed E-state index contributed by atoms with van der Waals surface area (Å²) in [7, 11) is 0. The first kappa shape index (κ1) is 15.0. The topological polar surface area (TPSA) is 65.3 Å². The highest BCUT2D eigenvalue weighted by atomic mass is 16.3. The van der Waals surface area contributed by atoms with E-state index < -0.39 is 5.92 Å². The minimum Gasteiger partial charge on any atom is -0.506 e. The highest BCUT2D eigenvalue weighted by molar-refractivity contribution is 6.23. The first-order valence-electron chi connectivity index (χ1n) is 7.34. The molecule has 2 aromatic rings. The number of aryl methyl sites for hydroxylation is 1. The lowest BCUT2D eigenvalue weighted by Crippen LogP contribution is -2.27. The van der Waals surface area contributed by atoms with Crippen LogP contribution in [0.5, 0.6) is 5.75 Å². The van der Waals surface area contributed by atoms with Crippen molar-refractivity contribution in [2.45, 2.75) is 13.8 Å². The number of carbonyl (C=O) groups is 1. The van der Waals surface area contributed by atoms with Crippen molar-refractivity contribution in [2.75, 3.05) is 5.01 Å². The average molecular weight is 307 g/mol. The van der Waals surface area contributed by atoms with E-state index in [1.54, 1.807) is 31.2 Å². The predicted molar refractivity (Wildman–Crippen MR) is 91.5 cm³/mol. The summed E-state index contributed by atoms with van der Waals surface area (Å²) in [6.07, 6.45) is 1.53. The third-order valence-electron chi connectivity index (χ3n) is 3.71. The first-order chi connectivity index (χ1) is 11.1. The zero-order chi connectivity index (χ0) is 16.4. The van der Waals surface area contributed by atoms with Gasteiger partial charge in [-0.3, -0.25) is 9.79 Å². The summed E-state index contributed by atoms with van der Waals surface area (Å²) in [5.41, 5.74) is 2.97. The van der Waals surface area contributed by atoms with Crippen LogP contribution in [0, 0.1) is 12.8 Å². The molecule has 0 fully saturated rings. The molecule has 1 N–H and O–H groups in total. The summed E-state index contributed by atoms with van der Waals surface area (Å²) < 4.78 is 0. The Hall–Kier alpha value is -2.95. The maximum Gasteiger partial charge on any atom is 0.261 e. The van der Waals surface area contributed by atoms with Gasteiger partial charge in [0, 0.05) is 6.21 Å². The Morgan fingerprint density at radius 3 is 2.52 bits per heavy atom. The molecule has 0 saturated heterocycles. The second-order valence-corrected chi connectivity index (χ2v) is 5.47. The van der Waals surface area contributed by atoms with Crippen molar-refractivity contribution in [3.8, 4) is 5.75 Å². The van der Waals surface area contributed by atoms with Crippen LogP contribution in [0.4, 0.5) is 11.4 Å². The van der Waals surface area contributed by atoms with Gasteiger partial charge in [-0.15, -0.1) is 0 Å². The van der Waals surface area contributed by atoms with Gasteiger partial charge in [-0.25, -0.2) is 0 Å². The van der Waals surface area contributed by atoms with Crippen molar-refractivity contribution >= 4 is 29.2 Å². The van der Waals surface area contributed by atoms with E-state index in [4.69, 9.17) is 0 Å². The van der Waals surface area contributed by atoms with Crippen LogP contribution in [0.2, 0.25) is 0 Å². The maximum atomic E-state index is 12.6. The molecule has 1 amide bonds. The van der Waals surface area contributed by atoms with Crippen LogP contribution in [0.15, 0.2) is 58.6 Å². The molecular formula is C18H17N3O2. The molecule has 0 bridgehead atoms. The monoisotopic (exact) mass is 307 g/mol. The molecule has 116 valence electrons. The highest BCUT2D eigenvalue weighted by Gasteiger charge is 2.33. The summed E-state index contributed by atoms with van der Waals surface area (Å²) in [4.78, 5) is 16.8. The minimum absolute atomic E-state index is 0.0826. The Morgan fingerprint density at radius 1 is 1.13 bits per heavy atom. The number of benzene rings is 2. The number of aromatic hydroxyl groups is 1. The third kappa shape index (κ3) is 2.99. The van der Waals surface area contributed by atoms with Crippen LogP contribution in [-0.4, -0.2) is 22.9 Å². The molecule has 0 aliphatic carbocycles. The van der Waals surface area contributed by atoms with Gasteiger partial charge in [0.05, 0.1) is 11.4 Å². The number of anilines is 1. The molecule has 0 radical (unpaired) electrons. The van der Waals surface area contributed by atoms with Gasteiger partial charge in [0.15, 0.2) is 0 Å². The molecule has 1 atom stereocenters. The molecule has 0 saturated carbocycles. The molecule has 1 aliphatic heterocycles. The molecule has 2 aromatic carbocycles. The van der Waals surface area contributed by atoms with E-state index >= 15 is 0 Å². The van der Waals surface area contributed by atoms with E-state index in [1.807, 2.05) is 31.2 Å². The Balaban J connectivity index is 1.83. The minimum atomic E-state index is -0.518. The molecule has 23 heavy (non-hydrogen) atoms. The Kier molecular flexibility index (Phi) is 3.93. The van der Waals surface area contributed by atoms with Gasteiger partial charge in [0.1, 0.15) is 17.4 Å². The summed E-state index contributed by atoms with van der Waals surface area (Å²) in [5.74, 6) is -0.583. The van der Waals surface area contributed by atoms with Crippen LogP contribution in [0.25, 0.3) is 0 Å². The number of hydrogen-bond acceptors (Lipinski definition) is 4. The summed E-state index contributed by atoms with van der Waals surface area (Å²) >= 11 is 0. The van der Waals surface area contributed by atoms with Gasteiger partial charge in [0.25, 0.3) is 5.91 Å². The number of nitrogens with zero attached hydrogens (tertiary/aromatic N) is 3. The number of phenols is 1. The fraction of sp³-hybridized carbons (Fsp3) is 0.167. The molecule has 0 aromatic heterocycles. The van der Waals surface area contributed by atoms with Crippen LogP contribution < -0.4 is 5.01 Å². The Labute approximate surface area is 134 Å². The standard InChI is InChI=1S/C18H17N3O2/c1-12-7-9-14(10-8-12)21-18(23)15(13(2)20-21)11-19-16-5-3-4-6-17(16)22/h3-11,15,22H,1-2H3. The maximum absolute atomic E-state index is 12.6. The third-order valence-corrected chi connectivity index (χ3v) is 3.71. The van der Waals surface area contributed by atoms with E-state index in [1.165, 1.54) is 11.2 Å². The zero-order valence-electron chi connectivity index (χ0n) is 13.0. The fourth-order valence-electron chi connectivity index (χ4n) is 2.35. The smallest absolute Gasteiger partial charge is 0.261 e. The van der Waals surface area contributed by atoms with Crippen LogP contribution in [0.1, 0.15) is 12.5 Å². The number of hydrogen-bond donors (Lipinski definition) is 1. The van der Waals surface area contributed by atoms with E-state index in [0.29, 0.717) is 11.4 Å². The summed E-state index contributed by atoms with van der Waals surface area (Å²) in [6, 6.07) is 14.4. The van der Waals surface area contributed by atoms with Gasteiger partial charge < -0.3 is 5.11 Å². The largest absolute Gasteiger partial charge is 0.506 e. The number of para-hydroxylation sites is 2. The van der Waals surface area contributed by atoms with Gasteiger partial charge in [-0.2, -0.15) is 10.1 Å². The highest BCUT2D eigenvalue weighted by Crippen LogP contribution is 2.27. The van der Waals surface area contributed by atoms with Crippen molar-refractivity contribution in [1.82, 2.24) is 0 Å². The number of aliphatic imine (C=N–C) groups is 1. The Morgan fingerprint density at radius 2 is 1.83 bits per heavy atom. The van der Waals surface area contributed by atoms with Crippen molar-refractivity contribution in [3.05, 3.63) is 54.1 Å². The van der Waals surface area contributed by atoms with E-state index in [9.17, 15) is 9.90 Å². The van der Waals surface area contributed by atoms with Crippen LogP contribution in [-0.2, 0) is 4.79 Å². The molecule has 1 heterocycles. The molecular weight excluding hydrogens is 290 g/mol. The quantitative estimate of drug-likeness (QED) is 0.883. The van der Waals surface area contributed by atoms with E-state index in [0.717, 1.165) is 11.3 Å². The number of phenolic OH excluding ortho intramolecular Hbond substituents is 1. The molecule has 1 unspecified atom stereocenters. The lowest BCUT2D eigenvalue weighted by Gasteiger charge is -2.12. The summed E-state index contributed by atoms with van der Waals surface area (Å²) in [6.45, 7) is 3.79. The SMILES string of the molecule is CC1=NN(c2ccc(C)cc2)C(=O)C1C=Nc1ccccc1O. The second-order valence-electron chi connectivity index (χ2n) is 5.47. The van der Waals surface area contributed by atoms with Crippen molar-refractivity contribution < 1.29 is 9.90 Å². The first-order valence-corrected chi connectivity index (χ1v) is 7.34. The van der Waals surface area contributed by atoms with Gasteiger partial charge in [-0.1, -0.05) is 29.8 Å². The van der Waals surface area contributed by atoms with Crippen LogP contribution >= 0.6 is 0 Å². The lowest BCUT2D eigenvalue weighted by molar-refractivity contribution is -0.118. The molecule has 1 aliphatic rings. The van der Waals surface area contributed by atoms with Gasteiger partial charge in [0.2, 0.25) is 0 Å². The molecule has 5 nitrogen and oxygen atoms in total. The molecule has 3 rings (SSSR count). The zero-order valence-corrected chi connectivity index (χ0v) is 13.0. The number of rotatable bonds is 3. The van der Waals surface area contributed by atoms with Gasteiger partial charge >= 0.3 is 0 Å². The normalized spacial score (nSPS) is 17.8. The average Bonchev–Trinajstić information content (AvgIpc) is 2.82. The molecule has 0 spiro atoms. The lowest BCUT2D eigenvalue weighted by atomic mass is 10.1. The van der Waals surface area contributed by atoms with E-state index in [-0.39, 0.29) is 11.7 Å². The number of carbonyl (C=O) groups excluding carboxylic acids is 1.